The average Bonchev–Trinajstić information content (AvgIpc) is 2.62. The number of aliphatic hydroxyl groups excluding tert-OH is 1. The lowest BCUT2D eigenvalue weighted by atomic mass is 10.3. The maximum absolute atomic E-state index is 11.2. The highest BCUT2D eigenvalue weighted by molar-refractivity contribution is 5.72. The number of likely N-dealkylation sites (tertiary alicyclic amines) is 1. The van der Waals surface area contributed by atoms with Crippen LogP contribution >= 0.6 is 0 Å². The van der Waals surface area contributed by atoms with Gasteiger partial charge in [0.1, 0.15) is 0 Å². The fourth-order valence-corrected chi connectivity index (χ4v) is 1.22. The van der Waals surface area contributed by atoms with Crippen LogP contribution in [0, 0.1) is 0 Å². The summed E-state index contributed by atoms with van der Waals surface area (Å²) in [6, 6.07) is 0. The monoisotopic (exact) mass is 218 g/mol. The molecule has 2 N–H and O–H groups in total. The van der Waals surface area contributed by atoms with Gasteiger partial charge in [0.25, 0.3) is 0 Å². The molecule has 1 aliphatic rings. The minimum atomic E-state index is -0.814. The van der Waals surface area contributed by atoms with Gasteiger partial charge in [0.2, 0.25) is 0 Å². The molecule has 0 aromatic carbocycles. The molecular weight excluding hydrogens is 204 g/mol. The average molecular weight is 218 g/mol. The van der Waals surface area contributed by atoms with Gasteiger partial charge in [-0.1, -0.05) is 0 Å². The zero-order valence-corrected chi connectivity index (χ0v) is 8.43. The maximum atomic E-state index is 11.2. The molecule has 86 valence electrons. The number of amides is 2. The molecule has 1 aliphatic heterocycles. The van der Waals surface area contributed by atoms with Crippen molar-refractivity contribution in [2.24, 2.45) is 0 Å². The second-order valence-electron chi connectivity index (χ2n) is 3.08. The molecule has 0 aliphatic carbocycles. The highest BCUT2D eigenvalue weighted by atomic mass is 16.7. The van der Waals surface area contributed by atoms with E-state index in [2.05, 4.69) is 9.57 Å². The predicted octanol–water partition coefficient (Wildman–Crippen LogP) is -0.149. The molecule has 1 rings (SSSR count). The van der Waals surface area contributed by atoms with Crippen molar-refractivity contribution in [3.63, 3.8) is 0 Å². The van der Waals surface area contributed by atoms with E-state index in [9.17, 15) is 9.59 Å². The largest absolute Gasteiger partial charge is 0.448 e. The molecule has 1 saturated heterocycles. The van der Waals surface area contributed by atoms with Gasteiger partial charge in [0.15, 0.2) is 0 Å². The summed E-state index contributed by atoms with van der Waals surface area (Å²) in [6.07, 6.45) is -1.50. The minimum absolute atomic E-state index is 0.200. The Balaban J connectivity index is 2.21. The van der Waals surface area contributed by atoms with E-state index in [1.165, 1.54) is 4.90 Å². The minimum Gasteiger partial charge on any atom is -0.448 e. The fourth-order valence-electron chi connectivity index (χ4n) is 1.22. The number of nitrogens with zero attached hydrogens (tertiary/aromatic N) is 1. The molecule has 15 heavy (non-hydrogen) atoms. The topological polar surface area (TPSA) is 88.1 Å². The van der Waals surface area contributed by atoms with Crippen molar-refractivity contribution in [3.05, 3.63) is 0 Å². The van der Waals surface area contributed by atoms with Crippen molar-refractivity contribution in [2.45, 2.75) is 19.4 Å². The first-order valence-corrected chi connectivity index (χ1v) is 4.70. The third-order valence-electron chi connectivity index (χ3n) is 1.92. The lowest BCUT2D eigenvalue weighted by Crippen LogP contribution is -2.36. The normalized spacial score (nSPS) is 19.9. The highest BCUT2D eigenvalue weighted by Crippen LogP contribution is 2.09. The predicted molar refractivity (Wildman–Crippen MR) is 48.8 cm³/mol. The van der Waals surface area contributed by atoms with Crippen molar-refractivity contribution in [1.29, 1.82) is 0 Å². The lowest BCUT2D eigenvalue weighted by Gasteiger charge is -2.14. The zero-order chi connectivity index (χ0) is 11.3. The Morgan fingerprint density at radius 3 is 2.87 bits per heavy atom. The Morgan fingerprint density at radius 2 is 2.33 bits per heavy atom. The summed E-state index contributed by atoms with van der Waals surface area (Å²) >= 11 is 0. The number of rotatable bonds is 1. The van der Waals surface area contributed by atoms with Gasteiger partial charge in [-0.25, -0.2) is 9.59 Å². The van der Waals surface area contributed by atoms with E-state index in [1.807, 2.05) is 5.48 Å². The van der Waals surface area contributed by atoms with Crippen molar-refractivity contribution in [1.82, 2.24) is 10.4 Å². The molecule has 0 saturated carbocycles. The first-order chi connectivity index (χ1) is 7.13. The Hall–Kier alpha value is -1.50. The summed E-state index contributed by atoms with van der Waals surface area (Å²) < 4.78 is 4.48. The van der Waals surface area contributed by atoms with E-state index in [4.69, 9.17) is 5.11 Å². The molecule has 1 fully saturated rings. The van der Waals surface area contributed by atoms with Crippen LogP contribution in [0.2, 0.25) is 0 Å². The van der Waals surface area contributed by atoms with Crippen molar-refractivity contribution < 1.29 is 24.3 Å². The van der Waals surface area contributed by atoms with E-state index in [0.29, 0.717) is 13.0 Å². The van der Waals surface area contributed by atoms with Gasteiger partial charge in [-0.3, -0.25) is 0 Å². The standard InChI is InChI=1S/C8H14N2O5/c1-2-14-7(12)9-15-8(13)10-4-3-6(11)5-10/h6,11H,2-5H2,1H3,(H,9,12). The van der Waals surface area contributed by atoms with Crippen LogP contribution in [0.3, 0.4) is 0 Å². The fraction of sp³-hybridized carbons (Fsp3) is 0.750. The molecule has 1 heterocycles. The number of nitrogens with one attached hydrogen (secondary N) is 1. The summed E-state index contributed by atoms with van der Waals surface area (Å²) in [5.41, 5.74) is 1.84. The van der Waals surface area contributed by atoms with Crippen molar-refractivity contribution in [2.75, 3.05) is 19.7 Å². The number of hydroxylamine groups is 1. The van der Waals surface area contributed by atoms with E-state index in [-0.39, 0.29) is 13.2 Å². The van der Waals surface area contributed by atoms with Gasteiger partial charge >= 0.3 is 12.2 Å². The SMILES string of the molecule is CCOC(=O)NOC(=O)N1CCC(O)C1. The first-order valence-electron chi connectivity index (χ1n) is 4.70. The summed E-state index contributed by atoms with van der Waals surface area (Å²) in [6.45, 7) is 2.48. The van der Waals surface area contributed by atoms with Crippen LogP contribution in [-0.2, 0) is 9.57 Å². The van der Waals surface area contributed by atoms with Crippen LogP contribution in [0.5, 0.6) is 0 Å². The van der Waals surface area contributed by atoms with Crippen molar-refractivity contribution in [3.8, 4) is 0 Å². The molecule has 0 spiro atoms. The number of β-amino-alcohol motifs (C(OH)–C–C–N with tert-alkyl or cyclic N) is 1. The second-order valence-corrected chi connectivity index (χ2v) is 3.08. The molecule has 0 aromatic rings. The van der Waals surface area contributed by atoms with Gasteiger partial charge in [-0.05, 0) is 13.3 Å². The second kappa shape index (κ2) is 5.40. The van der Waals surface area contributed by atoms with Gasteiger partial charge in [0, 0.05) is 6.54 Å². The number of aliphatic hydroxyl groups is 1. The van der Waals surface area contributed by atoms with Crippen LogP contribution in [0.25, 0.3) is 0 Å². The highest BCUT2D eigenvalue weighted by Gasteiger charge is 2.26. The van der Waals surface area contributed by atoms with Crippen LogP contribution in [0.4, 0.5) is 9.59 Å². The molecule has 0 radical (unpaired) electrons. The van der Waals surface area contributed by atoms with E-state index in [1.54, 1.807) is 6.92 Å². The first kappa shape index (κ1) is 11.6. The molecule has 7 heteroatoms. The van der Waals surface area contributed by atoms with Crippen LogP contribution in [0.1, 0.15) is 13.3 Å². The third kappa shape index (κ3) is 3.62. The van der Waals surface area contributed by atoms with E-state index in [0.717, 1.165) is 0 Å². The Labute approximate surface area is 86.9 Å². The molecule has 0 bridgehead atoms. The maximum Gasteiger partial charge on any atom is 0.440 e. The zero-order valence-electron chi connectivity index (χ0n) is 8.43. The molecule has 0 aromatic heterocycles. The Kier molecular flexibility index (Phi) is 4.17. The molecule has 1 atom stereocenters. The number of ether oxygens (including phenoxy) is 1. The molecule has 7 nitrogen and oxygen atoms in total. The van der Waals surface area contributed by atoms with Crippen LogP contribution < -0.4 is 5.48 Å². The van der Waals surface area contributed by atoms with Gasteiger partial charge in [-0.15, -0.1) is 5.48 Å². The quantitative estimate of drug-likeness (QED) is 0.597. The van der Waals surface area contributed by atoms with Crippen LogP contribution in [-0.4, -0.2) is 48.0 Å². The number of hydrogen-bond donors (Lipinski definition) is 2. The smallest absolute Gasteiger partial charge is 0.440 e. The summed E-state index contributed by atoms with van der Waals surface area (Å²) in [4.78, 5) is 27.7. The molecular formula is C8H14N2O5. The molecule has 1 unspecified atom stereocenters. The lowest BCUT2D eigenvalue weighted by molar-refractivity contribution is 0.0450. The summed E-state index contributed by atoms with van der Waals surface area (Å²) in [5, 5.41) is 9.15. The number of hydrogen-bond acceptors (Lipinski definition) is 5. The van der Waals surface area contributed by atoms with Crippen LogP contribution in [0.15, 0.2) is 0 Å². The summed E-state index contributed by atoms with van der Waals surface area (Å²) in [7, 11) is 0. The van der Waals surface area contributed by atoms with Gasteiger partial charge in [-0.2, -0.15) is 0 Å². The third-order valence-corrected chi connectivity index (χ3v) is 1.92. The number of carbonyl (C=O) groups excluding carboxylic acids is 2. The summed E-state index contributed by atoms with van der Waals surface area (Å²) in [5.74, 6) is 0. The van der Waals surface area contributed by atoms with E-state index < -0.39 is 18.3 Å². The van der Waals surface area contributed by atoms with E-state index >= 15 is 0 Å². The Morgan fingerprint density at radius 1 is 1.60 bits per heavy atom. The molecule has 2 amide bonds. The van der Waals surface area contributed by atoms with Gasteiger partial charge in [0.05, 0.1) is 19.3 Å². The van der Waals surface area contributed by atoms with Crippen molar-refractivity contribution >= 4 is 12.2 Å². The number of carbonyl (C=O) groups is 2. The Bertz CT molecular complexity index is 245. The van der Waals surface area contributed by atoms with Gasteiger partial charge < -0.3 is 19.6 Å².